The van der Waals surface area contributed by atoms with Gasteiger partial charge in [-0.3, -0.25) is 4.90 Å². The Balaban J connectivity index is 1.62. The largest absolute Gasteiger partial charge is 0.491 e. The van der Waals surface area contributed by atoms with Gasteiger partial charge in [0, 0.05) is 41.7 Å². The van der Waals surface area contributed by atoms with E-state index in [-0.39, 0.29) is 16.7 Å². The first kappa shape index (κ1) is 22.7. The molecule has 0 saturated heterocycles. The van der Waals surface area contributed by atoms with Crippen LogP contribution in [-0.4, -0.2) is 40.6 Å². The first-order valence-electron chi connectivity index (χ1n) is 9.98. The van der Waals surface area contributed by atoms with Gasteiger partial charge >= 0.3 is 0 Å². The van der Waals surface area contributed by atoms with Crippen molar-refractivity contribution in [2.45, 2.75) is 44.2 Å². The van der Waals surface area contributed by atoms with Gasteiger partial charge in [-0.05, 0) is 50.2 Å². The summed E-state index contributed by atoms with van der Waals surface area (Å²) in [5.41, 5.74) is 2.12. The number of ether oxygens (including phenoxy) is 1. The van der Waals surface area contributed by atoms with Gasteiger partial charge in [0.15, 0.2) is 9.84 Å². The standard InChI is InChI=1S/C22H23ClFN3O4S/c1-13(2)31-21-7-5-16(32(3,29)30)9-17(21)22(28)26-10-14-11-27(25-19(14)12-26)20-8-15(23)4-6-18(20)24/h4-9,11,13,22,28H,10,12H2,1-3H3. The first-order valence-corrected chi connectivity index (χ1v) is 12.3. The predicted octanol–water partition coefficient (Wildman–Crippen LogP) is 3.86. The lowest BCUT2D eigenvalue weighted by atomic mass is 10.1. The number of halogens is 2. The van der Waals surface area contributed by atoms with Crippen LogP contribution in [-0.2, 0) is 22.9 Å². The van der Waals surface area contributed by atoms with Gasteiger partial charge in [0.2, 0.25) is 0 Å². The second-order valence-corrected chi connectivity index (χ2v) is 10.5. The summed E-state index contributed by atoms with van der Waals surface area (Å²) in [6, 6.07) is 8.72. The highest BCUT2D eigenvalue weighted by molar-refractivity contribution is 7.90. The van der Waals surface area contributed by atoms with Crippen LogP contribution < -0.4 is 4.74 Å². The maximum Gasteiger partial charge on any atom is 0.175 e. The van der Waals surface area contributed by atoms with Gasteiger partial charge < -0.3 is 9.84 Å². The Kier molecular flexibility index (Phi) is 6.02. The van der Waals surface area contributed by atoms with Crippen molar-refractivity contribution in [3.63, 3.8) is 0 Å². The van der Waals surface area contributed by atoms with Crippen molar-refractivity contribution < 1.29 is 22.7 Å². The van der Waals surface area contributed by atoms with Gasteiger partial charge in [-0.15, -0.1) is 0 Å². The highest BCUT2D eigenvalue weighted by Gasteiger charge is 2.31. The van der Waals surface area contributed by atoms with Crippen LogP contribution in [0.1, 0.15) is 36.9 Å². The molecule has 0 radical (unpaired) electrons. The molecule has 0 aliphatic carbocycles. The number of benzene rings is 2. The molecule has 0 spiro atoms. The van der Waals surface area contributed by atoms with Gasteiger partial charge in [0.1, 0.15) is 23.5 Å². The maximum atomic E-state index is 14.2. The van der Waals surface area contributed by atoms with E-state index in [2.05, 4.69) is 5.10 Å². The minimum absolute atomic E-state index is 0.0983. The molecule has 7 nitrogen and oxygen atoms in total. The summed E-state index contributed by atoms with van der Waals surface area (Å²) in [6.07, 6.45) is 1.55. The van der Waals surface area contributed by atoms with E-state index in [1.165, 1.54) is 35.0 Å². The quantitative estimate of drug-likeness (QED) is 0.578. The fourth-order valence-electron chi connectivity index (χ4n) is 3.65. The van der Waals surface area contributed by atoms with E-state index < -0.39 is 21.9 Å². The van der Waals surface area contributed by atoms with E-state index in [0.29, 0.717) is 35.1 Å². The fourth-order valence-corrected chi connectivity index (χ4v) is 4.47. The molecule has 1 aromatic heterocycles. The van der Waals surface area contributed by atoms with Crippen molar-refractivity contribution >= 4 is 21.4 Å². The summed E-state index contributed by atoms with van der Waals surface area (Å²) in [5, 5.41) is 16.0. The van der Waals surface area contributed by atoms with Gasteiger partial charge in [-0.2, -0.15) is 5.10 Å². The molecule has 3 aromatic rings. The van der Waals surface area contributed by atoms with Gasteiger partial charge in [-0.25, -0.2) is 17.5 Å². The number of aliphatic hydroxyl groups excluding tert-OH is 1. The molecule has 1 aliphatic rings. The van der Waals surface area contributed by atoms with Crippen LogP contribution in [0.3, 0.4) is 0 Å². The van der Waals surface area contributed by atoms with Crippen molar-refractivity contribution in [1.82, 2.24) is 14.7 Å². The Morgan fingerprint density at radius 1 is 1.19 bits per heavy atom. The number of rotatable bonds is 6. The summed E-state index contributed by atoms with van der Waals surface area (Å²) in [6.45, 7) is 4.35. The summed E-state index contributed by atoms with van der Waals surface area (Å²) in [7, 11) is -3.46. The number of nitrogens with zero attached hydrogens (tertiary/aromatic N) is 3. The third-order valence-electron chi connectivity index (χ3n) is 5.15. The highest BCUT2D eigenvalue weighted by atomic mass is 35.5. The molecule has 10 heteroatoms. The second kappa shape index (κ2) is 8.47. The minimum Gasteiger partial charge on any atom is -0.491 e. The molecule has 0 saturated carbocycles. The lowest BCUT2D eigenvalue weighted by Gasteiger charge is -2.26. The maximum absolute atomic E-state index is 14.2. The van der Waals surface area contributed by atoms with Crippen LogP contribution in [0.5, 0.6) is 5.75 Å². The topological polar surface area (TPSA) is 84.7 Å². The Morgan fingerprint density at radius 2 is 1.94 bits per heavy atom. The van der Waals surface area contributed by atoms with E-state index in [1.807, 2.05) is 13.8 Å². The molecule has 2 heterocycles. The van der Waals surface area contributed by atoms with Gasteiger partial charge in [0.25, 0.3) is 0 Å². The summed E-state index contributed by atoms with van der Waals surface area (Å²) in [5.74, 6) is -0.0315. The number of hydrogen-bond acceptors (Lipinski definition) is 6. The van der Waals surface area contributed by atoms with Crippen LogP contribution in [0, 0.1) is 5.82 Å². The van der Waals surface area contributed by atoms with Crippen molar-refractivity contribution in [3.8, 4) is 11.4 Å². The Bertz CT molecular complexity index is 1250. The van der Waals surface area contributed by atoms with E-state index in [0.717, 1.165) is 11.8 Å². The number of aliphatic hydroxyl groups is 1. The van der Waals surface area contributed by atoms with Crippen LogP contribution in [0.4, 0.5) is 4.39 Å². The third-order valence-corrected chi connectivity index (χ3v) is 6.50. The van der Waals surface area contributed by atoms with E-state index in [4.69, 9.17) is 16.3 Å². The van der Waals surface area contributed by atoms with Crippen molar-refractivity contribution in [2.75, 3.05) is 6.26 Å². The average Bonchev–Trinajstić information content (AvgIpc) is 3.27. The second-order valence-electron chi connectivity index (χ2n) is 8.06. The molecule has 1 unspecified atom stereocenters. The van der Waals surface area contributed by atoms with Crippen LogP contribution >= 0.6 is 11.6 Å². The van der Waals surface area contributed by atoms with Crippen LogP contribution in [0.25, 0.3) is 5.69 Å². The number of hydrogen-bond donors (Lipinski definition) is 1. The zero-order valence-corrected chi connectivity index (χ0v) is 19.4. The first-order chi connectivity index (χ1) is 15.0. The SMILES string of the molecule is CC(C)Oc1ccc(S(C)(=O)=O)cc1C(O)N1Cc2cn(-c3cc(Cl)ccc3F)nc2C1. The molecule has 1 aliphatic heterocycles. The molecular weight excluding hydrogens is 457 g/mol. The van der Waals surface area contributed by atoms with Crippen molar-refractivity contribution in [3.05, 3.63) is 70.3 Å². The summed E-state index contributed by atoms with van der Waals surface area (Å²) < 4.78 is 45.5. The third kappa shape index (κ3) is 4.52. The minimum atomic E-state index is -3.46. The fraction of sp³-hybridized carbons (Fsp3) is 0.318. The molecular formula is C22H23ClFN3O4S. The van der Waals surface area contributed by atoms with Crippen molar-refractivity contribution in [2.24, 2.45) is 0 Å². The van der Waals surface area contributed by atoms with Crippen LogP contribution in [0.2, 0.25) is 5.02 Å². The average molecular weight is 480 g/mol. The Morgan fingerprint density at radius 3 is 2.59 bits per heavy atom. The molecule has 0 amide bonds. The van der Waals surface area contributed by atoms with Crippen molar-refractivity contribution in [1.29, 1.82) is 0 Å². The molecule has 2 aromatic carbocycles. The lowest BCUT2D eigenvalue weighted by molar-refractivity contribution is -0.00524. The molecule has 4 rings (SSSR count). The normalized spacial score (nSPS) is 15.2. The predicted molar refractivity (Wildman–Crippen MR) is 118 cm³/mol. The van der Waals surface area contributed by atoms with Gasteiger partial charge in [-0.1, -0.05) is 11.6 Å². The van der Waals surface area contributed by atoms with E-state index in [9.17, 15) is 17.9 Å². The van der Waals surface area contributed by atoms with Crippen LogP contribution in [0.15, 0.2) is 47.5 Å². The molecule has 1 atom stereocenters. The van der Waals surface area contributed by atoms with Gasteiger partial charge in [0.05, 0.1) is 16.7 Å². The van der Waals surface area contributed by atoms with E-state index in [1.54, 1.807) is 17.2 Å². The number of fused-ring (bicyclic) bond motifs is 1. The summed E-state index contributed by atoms with van der Waals surface area (Å²) >= 11 is 5.99. The van der Waals surface area contributed by atoms with E-state index >= 15 is 0 Å². The number of sulfone groups is 1. The molecule has 1 N–H and O–H groups in total. The monoisotopic (exact) mass is 479 g/mol. The Hall–Kier alpha value is -2.46. The molecule has 0 fully saturated rings. The zero-order chi connectivity index (χ0) is 23.2. The molecule has 0 bridgehead atoms. The molecule has 32 heavy (non-hydrogen) atoms. The Labute approximate surface area is 190 Å². The summed E-state index contributed by atoms with van der Waals surface area (Å²) in [4.78, 5) is 1.84. The zero-order valence-electron chi connectivity index (χ0n) is 17.8. The lowest BCUT2D eigenvalue weighted by Crippen LogP contribution is -2.25. The molecule has 170 valence electrons. The number of aromatic nitrogens is 2. The highest BCUT2D eigenvalue weighted by Crippen LogP contribution is 2.36. The smallest absolute Gasteiger partial charge is 0.175 e.